The zero-order valence-corrected chi connectivity index (χ0v) is 17.0. The molecule has 0 spiro atoms. The van der Waals surface area contributed by atoms with Crippen LogP contribution in [0.5, 0.6) is 0 Å². The lowest BCUT2D eigenvalue weighted by molar-refractivity contribution is -0.120. The molecule has 0 unspecified atom stereocenters. The highest BCUT2D eigenvalue weighted by molar-refractivity contribution is 8.00. The lowest BCUT2D eigenvalue weighted by Gasteiger charge is -2.26. The van der Waals surface area contributed by atoms with Crippen LogP contribution in [-0.2, 0) is 4.79 Å². The molecule has 5 nitrogen and oxygen atoms in total. The predicted octanol–water partition coefficient (Wildman–Crippen LogP) is 4.31. The van der Waals surface area contributed by atoms with Gasteiger partial charge in [0.25, 0.3) is 5.56 Å². The van der Waals surface area contributed by atoms with Gasteiger partial charge in [0.05, 0.1) is 16.2 Å². The van der Waals surface area contributed by atoms with Gasteiger partial charge in [0.1, 0.15) is 0 Å². The van der Waals surface area contributed by atoms with Crippen molar-refractivity contribution in [2.45, 2.75) is 74.4 Å². The van der Waals surface area contributed by atoms with E-state index in [0.717, 1.165) is 38.5 Å². The number of aromatic nitrogens is 2. The molecule has 144 valence electrons. The Balaban J connectivity index is 1.73. The van der Waals surface area contributed by atoms with Crippen LogP contribution in [0.2, 0.25) is 5.02 Å². The van der Waals surface area contributed by atoms with Gasteiger partial charge in [-0.2, -0.15) is 0 Å². The SMILES string of the molecule is C[C@H](Sc1nc2cc(Cl)ccc2c(=O)n1C1CCCCC1)C(=O)NC1CC1. The van der Waals surface area contributed by atoms with Gasteiger partial charge < -0.3 is 5.32 Å². The summed E-state index contributed by atoms with van der Waals surface area (Å²) in [5, 5.41) is 4.50. The Labute approximate surface area is 167 Å². The first kappa shape index (κ1) is 18.8. The molecule has 2 fully saturated rings. The van der Waals surface area contributed by atoms with E-state index in [1.165, 1.54) is 18.2 Å². The van der Waals surface area contributed by atoms with E-state index in [4.69, 9.17) is 16.6 Å². The molecule has 0 saturated heterocycles. The van der Waals surface area contributed by atoms with Gasteiger partial charge in [-0.05, 0) is 50.8 Å². The monoisotopic (exact) mass is 405 g/mol. The fourth-order valence-electron chi connectivity index (χ4n) is 3.65. The summed E-state index contributed by atoms with van der Waals surface area (Å²) >= 11 is 7.49. The van der Waals surface area contributed by atoms with E-state index in [0.29, 0.717) is 27.1 Å². The molecule has 2 aromatic rings. The quantitative estimate of drug-likeness (QED) is 0.594. The average Bonchev–Trinajstić information content (AvgIpc) is 3.46. The van der Waals surface area contributed by atoms with E-state index < -0.39 is 0 Å². The molecule has 1 aromatic heterocycles. The number of rotatable bonds is 5. The molecule has 2 aliphatic rings. The minimum Gasteiger partial charge on any atom is -0.352 e. The van der Waals surface area contributed by atoms with Crippen molar-refractivity contribution in [3.05, 3.63) is 33.6 Å². The molecule has 1 N–H and O–H groups in total. The number of nitrogens with zero attached hydrogens (tertiary/aromatic N) is 2. The van der Waals surface area contributed by atoms with Gasteiger partial charge in [0, 0.05) is 17.1 Å². The fourth-order valence-corrected chi connectivity index (χ4v) is 4.81. The zero-order chi connectivity index (χ0) is 19.0. The van der Waals surface area contributed by atoms with Crippen LogP contribution in [0.1, 0.15) is 57.9 Å². The van der Waals surface area contributed by atoms with Gasteiger partial charge >= 0.3 is 0 Å². The van der Waals surface area contributed by atoms with Gasteiger partial charge in [-0.25, -0.2) is 4.98 Å². The maximum absolute atomic E-state index is 13.3. The average molecular weight is 406 g/mol. The van der Waals surface area contributed by atoms with Crippen LogP contribution in [-0.4, -0.2) is 26.8 Å². The third kappa shape index (κ3) is 4.16. The summed E-state index contributed by atoms with van der Waals surface area (Å²) in [7, 11) is 0. The van der Waals surface area contributed by atoms with Crippen molar-refractivity contribution in [2.24, 2.45) is 0 Å². The Kier molecular flexibility index (Phi) is 5.46. The maximum atomic E-state index is 13.3. The van der Waals surface area contributed by atoms with Gasteiger partial charge in [-0.3, -0.25) is 14.2 Å². The van der Waals surface area contributed by atoms with Gasteiger partial charge in [0.2, 0.25) is 5.91 Å². The van der Waals surface area contributed by atoms with Gasteiger partial charge in [-0.15, -0.1) is 0 Å². The molecule has 1 amide bonds. The number of thioether (sulfide) groups is 1. The van der Waals surface area contributed by atoms with Crippen LogP contribution in [0.3, 0.4) is 0 Å². The number of nitrogens with one attached hydrogen (secondary N) is 1. The first-order valence-corrected chi connectivity index (χ1v) is 11.0. The molecule has 1 aromatic carbocycles. The molecular formula is C20H24ClN3O2S. The Bertz CT molecular complexity index is 919. The largest absolute Gasteiger partial charge is 0.352 e. The maximum Gasteiger partial charge on any atom is 0.262 e. The van der Waals surface area contributed by atoms with Crippen molar-refractivity contribution in [1.82, 2.24) is 14.9 Å². The standard InChI is InChI=1S/C20H24ClN3O2S/c1-12(18(25)22-14-8-9-14)27-20-23-17-11-13(21)7-10-16(17)19(26)24(20)15-5-3-2-4-6-15/h7,10-12,14-15H,2-6,8-9H2,1H3,(H,22,25)/t12-/m0/s1. The lowest BCUT2D eigenvalue weighted by atomic mass is 9.95. The zero-order valence-electron chi connectivity index (χ0n) is 15.4. The number of halogens is 1. The first-order chi connectivity index (χ1) is 13.0. The van der Waals surface area contributed by atoms with Gasteiger partial charge in [0.15, 0.2) is 5.16 Å². The smallest absolute Gasteiger partial charge is 0.262 e. The molecule has 0 radical (unpaired) electrons. The minimum absolute atomic E-state index is 0.0122. The third-order valence-electron chi connectivity index (χ3n) is 5.35. The van der Waals surface area contributed by atoms with Crippen LogP contribution < -0.4 is 10.9 Å². The highest BCUT2D eigenvalue weighted by Crippen LogP contribution is 2.33. The summed E-state index contributed by atoms with van der Waals surface area (Å²) < 4.78 is 1.83. The summed E-state index contributed by atoms with van der Waals surface area (Å²) in [5.41, 5.74) is 0.567. The van der Waals surface area contributed by atoms with E-state index in [-0.39, 0.29) is 22.8 Å². The summed E-state index contributed by atoms with van der Waals surface area (Å²) in [6, 6.07) is 5.69. The van der Waals surface area contributed by atoms with Crippen molar-refractivity contribution in [2.75, 3.05) is 0 Å². The minimum atomic E-state index is -0.302. The molecule has 0 aliphatic heterocycles. The van der Waals surface area contributed by atoms with Crippen LogP contribution in [0, 0.1) is 0 Å². The lowest BCUT2D eigenvalue weighted by Crippen LogP contribution is -2.34. The van der Waals surface area contributed by atoms with Crippen molar-refractivity contribution < 1.29 is 4.79 Å². The summed E-state index contributed by atoms with van der Waals surface area (Å²) in [4.78, 5) is 30.4. The normalized spacial score (nSPS) is 19.2. The Morgan fingerprint density at radius 1 is 1.26 bits per heavy atom. The van der Waals surface area contributed by atoms with E-state index in [1.807, 2.05) is 11.5 Å². The highest BCUT2D eigenvalue weighted by atomic mass is 35.5. The predicted molar refractivity (Wildman–Crippen MR) is 110 cm³/mol. The second-order valence-electron chi connectivity index (χ2n) is 7.57. The number of benzene rings is 1. The van der Waals surface area contributed by atoms with E-state index >= 15 is 0 Å². The molecule has 7 heteroatoms. The summed E-state index contributed by atoms with van der Waals surface area (Å²) in [5.74, 6) is 0.0122. The highest BCUT2D eigenvalue weighted by Gasteiger charge is 2.28. The van der Waals surface area contributed by atoms with Gasteiger partial charge in [-0.1, -0.05) is 42.6 Å². The number of carbonyl (C=O) groups is 1. The topological polar surface area (TPSA) is 64.0 Å². The molecule has 2 aliphatic carbocycles. The first-order valence-electron chi connectivity index (χ1n) is 9.72. The molecule has 27 heavy (non-hydrogen) atoms. The van der Waals surface area contributed by atoms with Crippen LogP contribution in [0.15, 0.2) is 28.2 Å². The fraction of sp³-hybridized carbons (Fsp3) is 0.550. The molecular weight excluding hydrogens is 382 g/mol. The van der Waals surface area contributed by atoms with E-state index in [9.17, 15) is 9.59 Å². The second-order valence-corrected chi connectivity index (χ2v) is 9.31. The Hall–Kier alpha value is -1.53. The van der Waals surface area contributed by atoms with Crippen LogP contribution >= 0.6 is 23.4 Å². The van der Waals surface area contributed by atoms with Crippen molar-refractivity contribution in [3.8, 4) is 0 Å². The Morgan fingerprint density at radius 2 is 2.00 bits per heavy atom. The van der Waals surface area contributed by atoms with Crippen molar-refractivity contribution in [1.29, 1.82) is 0 Å². The Morgan fingerprint density at radius 3 is 2.70 bits per heavy atom. The number of carbonyl (C=O) groups excluding carboxylic acids is 1. The molecule has 1 atom stereocenters. The van der Waals surface area contributed by atoms with E-state index in [1.54, 1.807) is 18.2 Å². The van der Waals surface area contributed by atoms with E-state index in [2.05, 4.69) is 5.32 Å². The number of hydrogen-bond donors (Lipinski definition) is 1. The molecule has 0 bridgehead atoms. The third-order valence-corrected chi connectivity index (χ3v) is 6.65. The molecule has 2 saturated carbocycles. The van der Waals surface area contributed by atoms with Crippen molar-refractivity contribution >= 4 is 40.2 Å². The number of hydrogen-bond acceptors (Lipinski definition) is 4. The summed E-state index contributed by atoms with van der Waals surface area (Å²) in [6.45, 7) is 1.88. The molecule has 4 rings (SSSR count). The van der Waals surface area contributed by atoms with Crippen LogP contribution in [0.25, 0.3) is 10.9 Å². The number of fused-ring (bicyclic) bond motifs is 1. The number of amides is 1. The van der Waals surface area contributed by atoms with Crippen molar-refractivity contribution in [3.63, 3.8) is 0 Å². The summed E-state index contributed by atoms with van der Waals surface area (Å²) in [6.07, 6.45) is 7.54. The molecule has 1 heterocycles. The van der Waals surface area contributed by atoms with Crippen LogP contribution in [0.4, 0.5) is 0 Å². The second kappa shape index (κ2) is 7.84.